The molecule has 2 aliphatic rings. The second-order valence-corrected chi connectivity index (χ2v) is 12.9. The van der Waals surface area contributed by atoms with Crippen molar-refractivity contribution in [2.45, 2.75) is 44.5 Å². The highest BCUT2D eigenvalue weighted by molar-refractivity contribution is 7.88. The molecule has 1 aromatic heterocycles. The Hall–Kier alpha value is -3.66. The van der Waals surface area contributed by atoms with Crippen molar-refractivity contribution >= 4 is 15.9 Å². The van der Waals surface area contributed by atoms with Crippen LogP contribution in [0.3, 0.4) is 0 Å². The molecule has 2 heterocycles. The van der Waals surface area contributed by atoms with Gasteiger partial charge in [0.15, 0.2) is 11.5 Å². The molecular formula is C29H34F3N5O6S. The molecule has 1 aliphatic carbocycles. The van der Waals surface area contributed by atoms with Crippen LogP contribution in [-0.4, -0.2) is 77.2 Å². The van der Waals surface area contributed by atoms with E-state index in [0.717, 1.165) is 24.8 Å². The topological polar surface area (TPSA) is 126 Å². The molecular weight excluding hydrogens is 603 g/mol. The highest BCUT2D eigenvalue weighted by Gasteiger charge is 2.33. The Morgan fingerprint density at radius 3 is 2.32 bits per heavy atom. The van der Waals surface area contributed by atoms with E-state index in [1.54, 1.807) is 48.3 Å². The van der Waals surface area contributed by atoms with Gasteiger partial charge in [-0.3, -0.25) is 14.4 Å². The first-order valence-electron chi connectivity index (χ1n) is 14.1. The van der Waals surface area contributed by atoms with E-state index in [1.807, 2.05) is 0 Å². The molecule has 44 heavy (non-hydrogen) atoms. The zero-order chi connectivity index (χ0) is 31.6. The zero-order valence-electron chi connectivity index (χ0n) is 24.2. The van der Waals surface area contributed by atoms with E-state index in [0.29, 0.717) is 41.4 Å². The number of nitrogens with one attached hydrogen (secondary N) is 1. The normalized spacial score (nSPS) is 17.3. The third-order valence-electron chi connectivity index (χ3n) is 7.57. The van der Waals surface area contributed by atoms with Crippen molar-refractivity contribution in [3.05, 3.63) is 76.6 Å². The smallest absolute Gasteiger partial charge is 0.485 e. The number of sulfonamides is 1. The van der Waals surface area contributed by atoms with Crippen LogP contribution >= 0.6 is 0 Å². The number of nitrogens with zero attached hydrogens (tertiary/aromatic N) is 4. The molecule has 1 saturated carbocycles. The van der Waals surface area contributed by atoms with E-state index in [9.17, 15) is 31.5 Å². The van der Waals surface area contributed by atoms with Crippen LogP contribution in [0, 0.1) is 0 Å². The van der Waals surface area contributed by atoms with Gasteiger partial charge in [-0.15, -0.1) is 13.2 Å². The van der Waals surface area contributed by atoms with E-state index in [1.165, 1.54) is 21.1 Å². The van der Waals surface area contributed by atoms with Crippen LogP contribution in [0.1, 0.15) is 57.9 Å². The number of aryl methyl sites for hydroxylation is 1. The van der Waals surface area contributed by atoms with Crippen molar-refractivity contribution in [2.75, 3.05) is 32.4 Å². The van der Waals surface area contributed by atoms with Crippen molar-refractivity contribution in [1.29, 1.82) is 0 Å². The molecule has 238 valence electrons. The number of halogens is 3. The Labute approximate surface area is 253 Å². The molecule has 0 spiro atoms. The van der Waals surface area contributed by atoms with Crippen molar-refractivity contribution in [3.8, 4) is 11.5 Å². The predicted octanol–water partition coefficient (Wildman–Crippen LogP) is 3.27. The summed E-state index contributed by atoms with van der Waals surface area (Å²) in [5, 5.41) is 17.8. The molecule has 1 atom stereocenters. The average Bonchev–Trinajstić information content (AvgIpc) is 3.75. The summed E-state index contributed by atoms with van der Waals surface area (Å²) in [7, 11) is -1.62. The highest BCUT2D eigenvalue weighted by Crippen LogP contribution is 2.39. The number of aliphatic hydroxyl groups excluding tert-OH is 1. The standard InChI is InChI=1S/C29H34F3N5O6S/c1-35-24(16-23(34-35)21-8-9-21)27(38)33-17-20-5-10-25(26(15-20)43-29(30,31)32)42-18-19-3-6-22(7-4-19)28(39)36-11-13-37(14-12-36)44(2,40)41/h3-7,10,15-16,21,28,39H,8-9,11-14,17-18H2,1-2H3,(H,33,38). The van der Waals surface area contributed by atoms with Gasteiger partial charge >= 0.3 is 6.36 Å². The van der Waals surface area contributed by atoms with Crippen LogP contribution in [0.25, 0.3) is 0 Å². The maximum Gasteiger partial charge on any atom is 0.573 e. The SMILES string of the molecule is Cn1nc(C2CC2)cc1C(=O)NCc1ccc(OCc2ccc(C(O)N3CCN(S(C)(=O)=O)CC3)cc2)c(OC(F)(F)F)c1. The number of ether oxygens (including phenoxy) is 2. The number of hydrogen-bond acceptors (Lipinski definition) is 8. The Balaban J connectivity index is 1.19. The first-order chi connectivity index (χ1) is 20.8. The minimum atomic E-state index is -4.96. The predicted molar refractivity (Wildman–Crippen MR) is 153 cm³/mol. The molecule has 15 heteroatoms. The number of alkyl halides is 3. The quantitative estimate of drug-likeness (QED) is 0.328. The van der Waals surface area contributed by atoms with E-state index in [4.69, 9.17) is 4.74 Å². The third-order valence-corrected chi connectivity index (χ3v) is 8.88. The van der Waals surface area contributed by atoms with Gasteiger partial charge in [0.2, 0.25) is 10.0 Å². The second-order valence-electron chi connectivity index (χ2n) is 11.0. The summed E-state index contributed by atoms with van der Waals surface area (Å²) in [4.78, 5) is 14.5. The van der Waals surface area contributed by atoms with Crippen molar-refractivity contribution < 1.29 is 41.0 Å². The first kappa shape index (κ1) is 31.8. The summed E-state index contributed by atoms with van der Waals surface area (Å²) < 4.78 is 75.8. The molecule has 5 rings (SSSR count). The summed E-state index contributed by atoms with van der Waals surface area (Å²) in [6.45, 7) is 1.18. The molecule has 11 nitrogen and oxygen atoms in total. The molecule has 1 aliphatic heterocycles. The van der Waals surface area contributed by atoms with Gasteiger partial charge in [0.1, 0.15) is 18.5 Å². The number of amides is 1. The summed E-state index contributed by atoms with van der Waals surface area (Å²) >= 11 is 0. The van der Waals surface area contributed by atoms with Gasteiger partial charge in [-0.05, 0) is 47.7 Å². The molecule has 2 fully saturated rings. The van der Waals surface area contributed by atoms with E-state index in [-0.39, 0.29) is 32.0 Å². The number of piperazine rings is 1. The molecule has 1 unspecified atom stereocenters. The van der Waals surface area contributed by atoms with Gasteiger partial charge in [-0.25, -0.2) is 8.42 Å². The first-order valence-corrected chi connectivity index (χ1v) is 15.9. The van der Waals surface area contributed by atoms with Crippen LogP contribution < -0.4 is 14.8 Å². The lowest BCUT2D eigenvalue weighted by molar-refractivity contribution is -0.275. The lowest BCUT2D eigenvalue weighted by Gasteiger charge is -2.36. The minimum absolute atomic E-state index is 0.0373. The number of carbonyl (C=O) groups excluding carboxylic acids is 1. The van der Waals surface area contributed by atoms with Gasteiger partial charge in [-0.1, -0.05) is 30.3 Å². The van der Waals surface area contributed by atoms with Crippen molar-refractivity contribution in [3.63, 3.8) is 0 Å². The fraction of sp³-hybridized carbons (Fsp3) is 0.448. The Bertz CT molecular complexity index is 1580. The maximum atomic E-state index is 13.2. The van der Waals surface area contributed by atoms with Crippen LogP contribution in [0.5, 0.6) is 11.5 Å². The monoisotopic (exact) mass is 637 g/mol. The Morgan fingerprint density at radius 2 is 1.70 bits per heavy atom. The molecule has 1 amide bonds. The number of carbonyl (C=O) groups is 1. The number of benzene rings is 2. The molecule has 0 radical (unpaired) electrons. The molecule has 2 N–H and O–H groups in total. The van der Waals surface area contributed by atoms with E-state index in [2.05, 4.69) is 15.2 Å². The van der Waals surface area contributed by atoms with E-state index >= 15 is 0 Å². The maximum absolute atomic E-state index is 13.2. The lowest BCUT2D eigenvalue weighted by atomic mass is 10.1. The fourth-order valence-electron chi connectivity index (χ4n) is 4.98. The molecule has 2 aromatic carbocycles. The molecule has 0 bridgehead atoms. The van der Waals surface area contributed by atoms with Gasteiger partial charge in [0.05, 0.1) is 11.9 Å². The zero-order valence-corrected chi connectivity index (χ0v) is 25.1. The Morgan fingerprint density at radius 1 is 1.05 bits per heavy atom. The van der Waals surface area contributed by atoms with Crippen LogP contribution in [0.4, 0.5) is 13.2 Å². The van der Waals surface area contributed by atoms with Gasteiger partial charge in [0.25, 0.3) is 5.91 Å². The molecule has 1 saturated heterocycles. The summed E-state index contributed by atoms with van der Waals surface area (Å²) in [6.07, 6.45) is -2.67. The van der Waals surface area contributed by atoms with Gasteiger partial charge < -0.3 is 19.9 Å². The number of aromatic nitrogens is 2. The van der Waals surface area contributed by atoms with E-state index < -0.39 is 34.3 Å². The molecule has 3 aromatic rings. The van der Waals surface area contributed by atoms with Crippen molar-refractivity contribution in [2.24, 2.45) is 7.05 Å². The summed E-state index contributed by atoms with van der Waals surface area (Å²) in [5.74, 6) is -0.694. The van der Waals surface area contributed by atoms with Crippen LogP contribution in [0.15, 0.2) is 48.5 Å². The van der Waals surface area contributed by atoms with Gasteiger partial charge in [0, 0.05) is 45.7 Å². The third kappa shape index (κ3) is 8.08. The second kappa shape index (κ2) is 12.8. The van der Waals surface area contributed by atoms with Crippen LogP contribution in [0.2, 0.25) is 0 Å². The Kier molecular flexibility index (Phi) is 9.20. The lowest BCUT2D eigenvalue weighted by Crippen LogP contribution is -2.49. The largest absolute Gasteiger partial charge is 0.573 e. The van der Waals surface area contributed by atoms with Crippen molar-refractivity contribution in [1.82, 2.24) is 24.3 Å². The highest BCUT2D eigenvalue weighted by atomic mass is 32.2. The van der Waals surface area contributed by atoms with Gasteiger partial charge in [-0.2, -0.15) is 9.40 Å². The summed E-state index contributed by atoms with van der Waals surface area (Å²) in [6, 6.07) is 12.5. The number of aliphatic hydroxyl groups is 1. The fourth-order valence-corrected chi connectivity index (χ4v) is 5.80. The minimum Gasteiger partial charge on any atom is -0.485 e. The number of rotatable bonds is 11. The average molecular weight is 638 g/mol. The number of hydrogen-bond donors (Lipinski definition) is 2. The van der Waals surface area contributed by atoms with Crippen LogP contribution in [-0.2, 0) is 30.2 Å². The summed E-state index contributed by atoms with van der Waals surface area (Å²) in [5.41, 5.74) is 2.83.